The van der Waals surface area contributed by atoms with Gasteiger partial charge in [-0.25, -0.2) is 0 Å². The summed E-state index contributed by atoms with van der Waals surface area (Å²) in [7, 11) is 1.96. The van der Waals surface area contributed by atoms with Gasteiger partial charge in [0.05, 0.1) is 11.7 Å². The Hall–Kier alpha value is -1.07. The van der Waals surface area contributed by atoms with Crippen LogP contribution >= 0.6 is 0 Å². The molecule has 0 radical (unpaired) electrons. The van der Waals surface area contributed by atoms with E-state index in [1.54, 1.807) is 6.07 Å². The standard InChI is InChI=1S/C14H18F3NO/c1-18-6-5-13(19)11(9-18)7-10-3-2-4-12(8-10)14(15,16)17/h2-4,8,11,13,19H,5-7,9H2,1H3. The van der Waals surface area contributed by atoms with Gasteiger partial charge >= 0.3 is 6.18 Å². The largest absolute Gasteiger partial charge is 0.416 e. The van der Waals surface area contributed by atoms with Crippen molar-refractivity contribution in [2.45, 2.75) is 25.1 Å². The molecule has 1 fully saturated rings. The molecule has 2 atom stereocenters. The second-order valence-corrected chi connectivity index (χ2v) is 5.28. The van der Waals surface area contributed by atoms with Crippen molar-refractivity contribution in [3.8, 4) is 0 Å². The zero-order chi connectivity index (χ0) is 14.0. The molecule has 1 aromatic rings. The normalized spacial score (nSPS) is 25.5. The Kier molecular flexibility index (Phi) is 4.16. The van der Waals surface area contributed by atoms with Crippen LogP contribution in [0.3, 0.4) is 0 Å². The molecule has 0 amide bonds. The Morgan fingerprint density at radius 3 is 2.79 bits per heavy atom. The van der Waals surface area contributed by atoms with Crippen LogP contribution in [-0.2, 0) is 12.6 Å². The van der Waals surface area contributed by atoms with Crippen LogP contribution in [0.15, 0.2) is 24.3 Å². The van der Waals surface area contributed by atoms with Gasteiger partial charge in [-0.15, -0.1) is 0 Å². The summed E-state index contributed by atoms with van der Waals surface area (Å²) >= 11 is 0. The van der Waals surface area contributed by atoms with Crippen molar-refractivity contribution in [3.63, 3.8) is 0 Å². The number of hydrogen-bond donors (Lipinski definition) is 1. The summed E-state index contributed by atoms with van der Waals surface area (Å²) in [5, 5.41) is 9.93. The maximum absolute atomic E-state index is 12.6. The molecule has 0 saturated carbocycles. The number of aliphatic hydroxyl groups excluding tert-OH is 1. The van der Waals surface area contributed by atoms with Crippen molar-refractivity contribution in [3.05, 3.63) is 35.4 Å². The molecular weight excluding hydrogens is 255 g/mol. The van der Waals surface area contributed by atoms with Gasteiger partial charge in [0.25, 0.3) is 0 Å². The molecule has 0 aromatic heterocycles. The quantitative estimate of drug-likeness (QED) is 0.895. The molecule has 5 heteroatoms. The first kappa shape index (κ1) is 14.3. The average molecular weight is 273 g/mol. The lowest BCUT2D eigenvalue weighted by molar-refractivity contribution is -0.137. The maximum atomic E-state index is 12.6. The van der Waals surface area contributed by atoms with Crippen LogP contribution in [0.4, 0.5) is 13.2 Å². The molecule has 106 valence electrons. The van der Waals surface area contributed by atoms with Crippen LogP contribution in [0.25, 0.3) is 0 Å². The lowest BCUT2D eigenvalue weighted by atomic mass is 9.88. The molecule has 0 aliphatic carbocycles. The van der Waals surface area contributed by atoms with Gasteiger partial charge in [0, 0.05) is 19.0 Å². The van der Waals surface area contributed by atoms with Crippen molar-refractivity contribution >= 4 is 0 Å². The fourth-order valence-corrected chi connectivity index (χ4v) is 2.58. The predicted octanol–water partition coefficient (Wildman–Crippen LogP) is 2.56. The van der Waals surface area contributed by atoms with E-state index >= 15 is 0 Å². The number of rotatable bonds is 2. The number of likely N-dealkylation sites (tertiary alicyclic amines) is 1. The zero-order valence-corrected chi connectivity index (χ0v) is 10.8. The maximum Gasteiger partial charge on any atom is 0.416 e. The first-order valence-corrected chi connectivity index (χ1v) is 6.39. The van der Waals surface area contributed by atoms with E-state index < -0.39 is 17.8 Å². The van der Waals surface area contributed by atoms with E-state index in [1.165, 1.54) is 12.1 Å². The van der Waals surface area contributed by atoms with E-state index in [-0.39, 0.29) is 5.92 Å². The monoisotopic (exact) mass is 273 g/mol. The summed E-state index contributed by atoms with van der Waals surface area (Å²) in [6.07, 6.45) is -3.57. The summed E-state index contributed by atoms with van der Waals surface area (Å²) in [4.78, 5) is 2.10. The number of halogens is 3. The SMILES string of the molecule is CN1CCC(O)C(Cc2cccc(C(F)(F)F)c2)C1. The molecule has 1 saturated heterocycles. The summed E-state index contributed by atoms with van der Waals surface area (Å²) in [5.41, 5.74) is 0.0119. The van der Waals surface area contributed by atoms with Gasteiger partial charge in [0.2, 0.25) is 0 Å². The molecule has 2 unspecified atom stereocenters. The number of piperidine rings is 1. The van der Waals surface area contributed by atoms with Gasteiger partial charge in [-0.05, 0) is 31.5 Å². The second-order valence-electron chi connectivity index (χ2n) is 5.28. The fraction of sp³-hybridized carbons (Fsp3) is 0.571. The molecule has 19 heavy (non-hydrogen) atoms. The molecular formula is C14H18F3NO. The zero-order valence-electron chi connectivity index (χ0n) is 10.8. The first-order valence-electron chi connectivity index (χ1n) is 6.39. The number of benzene rings is 1. The molecule has 2 nitrogen and oxygen atoms in total. The Bertz CT molecular complexity index is 433. The third-order valence-corrected chi connectivity index (χ3v) is 3.65. The van der Waals surface area contributed by atoms with Crippen LogP contribution in [0.1, 0.15) is 17.5 Å². The van der Waals surface area contributed by atoms with Gasteiger partial charge in [-0.2, -0.15) is 13.2 Å². The van der Waals surface area contributed by atoms with Crippen molar-refractivity contribution in [2.75, 3.05) is 20.1 Å². The second kappa shape index (κ2) is 5.51. The predicted molar refractivity (Wildman–Crippen MR) is 66.8 cm³/mol. The summed E-state index contributed by atoms with van der Waals surface area (Å²) in [5.74, 6) is 0.00207. The highest BCUT2D eigenvalue weighted by molar-refractivity contribution is 5.26. The third-order valence-electron chi connectivity index (χ3n) is 3.65. The van der Waals surface area contributed by atoms with Crippen molar-refractivity contribution in [1.82, 2.24) is 4.90 Å². The molecule has 1 aliphatic rings. The van der Waals surface area contributed by atoms with Gasteiger partial charge in [0.15, 0.2) is 0 Å². The number of nitrogens with zero attached hydrogens (tertiary/aromatic N) is 1. The van der Waals surface area contributed by atoms with E-state index in [0.717, 1.165) is 19.2 Å². The summed E-state index contributed by atoms with van der Waals surface area (Å²) < 4.78 is 37.9. The molecule has 2 rings (SSSR count). The van der Waals surface area contributed by atoms with Crippen molar-refractivity contribution < 1.29 is 18.3 Å². The van der Waals surface area contributed by atoms with Crippen molar-refractivity contribution in [2.24, 2.45) is 5.92 Å². The minimum absolute atomic E-state index is 0.00207. The lowest BCUT2D eigenvalue weighted by Gasteiger charge is -2.34. The Morgan fingerprint density at radius 2 is 2.11 bits per heavy atom. The smallest absolute Gasteiger partial charge is 0.393 e. The van der Waals surface area contributed by atoms with Crippen LogP contribution in [0, 0.1) is 5.92 Å². The van der Waals surface area contributed by atoms with Crippen LogP contribution < -0.4 is 0 Å². The molecule has 1 N–H and O–H groups in total. The number of aliphatic hydroxyl groups is 1. The topological polar surface area (TPSA) is 23.5 Å². The Labute approximate surface area is 110 Å². The summed E-state index contributed by atoms with van der Waals surface area (Å²) in [6.45, 7) is 1.55. The van der Waals surface area contributed by atoms with Gasteiger partial charge < -0.3 is 10.0 Å². The third kappa shape index (κ3) is 3.70. The van der Waals surface area contributed by atoms with Gasteiger partial charge in [0.1, 0.15) is 0 Å². The van der Waals surface area contributed by atoms with E-state index in [0.29, 0.717) is 18.4 Å². The minimum atomic E-state index is -4.31. The van der Waals surface area contributed by atoms with E-state index in [2.05, 4.69) is 4.90 Å². The van der Waals surface area contributed by atoms with E-state index in [1.807, 2.05) is 7.05 Å². The molecule has 0 spiro atoms. The van der Waals surface area contributed by atoms with Gasteiger partial charge in [-0.3, -0.25) is 0 Å². The highest BCUT2D eigenvalue weighted by Gasteiger charge is 2.31. The molecule has 1 aliphatic heterocycles. The first-order chi connectivity index (χ1) is 8.86. The van der Waals surface area contributed by atoms with E-state index in [9.17, 15) is 18.3 Å². The molecule has 0 bridgehead atoms. The summed E-state index contributed by atoms with van der Waals surface area (Å²) in [6, 6.07) is 5.38. The number of alkyl halides is 3. The lowest BCUT2D eigenvalue weighted by Crippen LogP contribution is -2.42. The van der Waals surface area contributed by atoms with Crippen LogP contribution in [0.2, 0.25) is 0 Å². The number of hydrogen-bond acceptors (Lipinski definition) is 2. The highest BCUT2D eigenvalue weighted by Crippen LogP contribution is 2.30. The van der Waals surface area contributed by atoms with Crippen LogP contribution in [0.5, 0.6) is 0 Å². The van der Waals surface area contributed by atoms with Crippen LogP contribution in [-0.4, -0.2) is 36.2 Å². The van der Waals surface area contributed by atoms with Gasteiger partial charge in [-0.1, -0.05) is 18.2 Å². The van der Waals surface area contributed by atoms with Crippen molar-refractivity contribution in [1.29, 1.82) is 0 Å². The Morgan fingerprint density at radius 1 is 1.37 bits per heavy atom. The average Bonchev–Trinajstić information content (AvgIpc) is 2.33. The highest BCUT2D eigenvalue weighted by atomic mass is 19.4. The molecule has 1 heterocycles. The minimum Gasteiger partial charge on any atom is -0.393 e. The Balaban J connectivity index is 2.10. The fourth-order valence-electron chi connectivity index (χ4n) is 2.58. The van der Waals surface area contributed by atoms with E-state index in [4.69, 9.17) is 0 Å². The molecule has 1 aromatic carbocycles.